The van der Waals surface area contributed by atoms with Crippen LogP contribution in [0.1, 0.15) is 17.2 Å². The number of hydrogen-bond acceptors (Lipinski definition) is 8. The van der Waals surface area contributed by atoms with Gasteiger partial charge >= 0.3 is 0 Å². The maximum atomic E-state index is 12.9. The Kier molecular flexibility index (Phi) is 8.51. The number of rotatable bonds is 10. The number of aliphatic hydroxyl groups is 1. The molecular formula is C28H32BrN5O5. The zero-order chi connectivity index (χ0) is 27.4. The van der Waals surface area contributed by atoms with E-state index in [1.807, 2.05) is 25.1 Å². The maximum Gasteiger partial charge on any atom is 0.261 e. The highest BCUT2D eigenvalue weighted by Gasteiger charge is 2.18. The number of aryl methyl sites for hydroxylation is 1. The molecule has 2 aromatic carbocycles. The highest BCUT2D eigenvalue weighted by atomic mass is 79.9. The molecule has 1 aliphatic rings. The summed E-state index contributed by atoms with van der Waals surface area (Å²) < 4.78 is 17.5. The van der Waals surface area contributed by atoms with Crippen LogP contribution in [0.2, 0.25) is 0 Å². The Labute approximate surface area is 234 Å². The lowest BCUT2D eigenvalue weighted by molar-refractivity contribution is 0.0322. The van der Waals surface area contributed by atoms with Crippen LogP contribution in [-0.4, -0.2) is 78.1 Å². The number of pyridine rings is 1. The van der Waals surface area contributed by atoms with Crippen LogP contribution in [-0.2, 0) is 4.74 Å². The van der Waals surface area contributed by atoms with Gasteiger partial charge in [-0.1, -0.05) is 6.07 Å². The van der Waals surface area contributed by atoms with Gasteiger partial charge in [0.2, 0.25) is 0 Å². The van der Waals surface area contributed by atoms with Gasteiger partial charge in [0.05, 0.1) is 47.6 Å². The van der Waals surface area contributed by atoms with Crippen molar-refractivity contribution in [3.63, 3.8) is 0 Å². The van der Waals surface area contributed by atoms with Crippen molar-refractivity contribution < 1.29 is 19.3 Å². The van der Waals surface area contributed by atoms with E-state index in [-0.39, 0.29) is 12.1 Å². The quantitative estimate of drug-likeness (QED) is 0.217. The van der Waals surface area contributed by atoms with Crippen molar-refractivity contribution in [2.45, 2.75) is 13.0 Å². The van der Waals surface area contributed by atoms with Gasteiger partial charge in [0.25, 0.3) is 5.56 Å². The molecule has 0 saturated carbocycles. The minimum Gasteiger partial charge on any atom is -0.496 e. The van der Waals surface area contributed by atoms with Crippen molar-refractivity contribution in [1.29, 1.82) is 0 Å². The number of ether oxygens (including phenoxy) is 3. The molecule has 0 aliphatic carbocycles. The molecular weight excluding hydrogens is 566 g/mol. The van der Waals surface area contributed by atoms with Gasteiger partial charge in [-0.15, -0.1) is 0 Å². The van der Waals surface area contributed by atoms with Gasteiger partial charge in [0.1, 0.15) is 29.5 Å². The summed E-state index contributed by atoms with van der Waals surface area (Å²) in [5, 5.41) is 14.0. The third-order valence-corrected chi connectivity index (χ3v) is 7.39. The maximum absolute atomic E-state index is 12.9. The third kappa shape index (κ3) is 6.27. The van der Waals surface area contributed by atoms with E-state index in [1.54, 1.807) is 31.5 Å². The van der Waals surface area contributed by atoms with Crippen LogP contribution in [0.15, 0.2) is 51.9 Å². The molecule has 1 aliphatic heterocycles. The number of benzene rings is 2. The van der Waals surface area contributed by atoms with Crippen molar-refractivity contribution >= 4 is 32.7 Å². The molecule has 206 valence electrons. The van der Waals surface area contributed by atoms with E-state index >= 15 is 0 Å². The second-order valence-corrected chi connectivity index (χ2v) is 10.3. The number of morpholine rings is 1. The molecule has 2 aromatic heterocycles. The number of aromatic nitrogens is 3. The first kappa shape index (κ1) is 27.2. The number of methoxy groups -OCH3 is 1. The van der Waals surface area contributed by atoms with Crippen LogP contribution in [0.4, 0.5) is 5.69 Å². The molecule has 0 bridgehead atoms. The molecule has 10 nitrogen and oxygen atoms in total. The topological polar surface area (TPSA) is 125 Å². The van der Waals surface area contributed by atoms with Gasteiger partial charge in [-0.3, -0.25) is 9.69 Å². The van der Waals surface area contributed by atoms with Gasteiger partial charge in [-0.25, -0.2) is 4.98 Å². The Bertz CT molecular complexity index is 1500. The Morgan fingerprint density at radius 2 is 2.05 bits per heavy atom. The van der Waals surface area contributed by atoms with Crippen LogP contribution >= 0.6 is 15.9 Å². The van der Waals surface area contributed by atoms with Gasteiger partial charge in [-0.05, 0) is 58.2 Å². The summed E-state index contributed by atoms with van der Waals surface area (Å²) in [6, 6.07) is 11.0. The number of nitrogens with one attached hydrogen (secondary N) is 3. The first-order valence-electron chi connectivity index (χ1n) is 12.8. The number of H-pyrrole nitrogens is 2. The molecule has 1 saturated heterocycles. The predicted molar refractivity (Wildman–Crippen MR) is 154 cm³/mol. The summed E-state index contributed by atoms with van der Waals surface area (Å²) in [4.78, 5) is 26.0. The fourth-order valence-electron chi connectivity index (χ4n) is 4.65. The Morgan fingerprint density at radius 3 is 2.82 bits per heavy atom. The van der Waals surface area contributed by atoms with E-state index in [4.69, 9.17) is 19.2 Å². The SMILES string of the molecule is COc1ccc(C(O)CNc2cc[nH]c(=O)c2-c2nc3c(C)cc(OCCN4CCOCC4)cc3[nH]2)cc1Br. The highest BCUT2D eigenvalue weighted by molar-refractivity contribution is 9.10. The Hall–Kier alpha value is -3.38. The largest absolute Gasteiger partial charge is 0.496 e. The number of imidazole rings is 1. The number of anilines is 1. The fourth-order valence-corrected chi connectivity index (χ4v) is 5.21. The van der Waals surface area contributed by atoms with Crippen LogP contribution in [0.3, 0.4) is 0 Å². The summed E-state index contributed by atoms with van der Waals surface area (Å²) in [5.74, 6) is 1.86. The van der Waals surface area contributed by atoms with Gasteiger partial charge in [0, 0.05) is 38.4 Å². The molecule has 0 spiro atoms. The molecule has 3 heterocycles. The van der Waals surface area contributed by atoms with Crippen molar-refractivity contribution in [3.8, 4) is 22.9 Å². The number of aliphatic hydroxyl groups excluding tert-OH is 1. The number of fused-ring (bicyclic) bond motifs is 1. The lowest BCUT2D eigenvalue weighted by atomic mass is 10.1. The van der Waals surface area contributed by atoms with Gasteiger partial charge in [-0.2, -0.15) is 0 Å². The average molecular weight is 598 g/mol. The van der Waals surface area contributed by atoms with E-state index in [2.05, 4.69) is 36.1 Å². The van der Waals surface area contributed by atoms with E-state index in [0.29, 0.717) is 35.0 Å². The molecule has 0 radical (unpaired) electrons. The molecule has 5 rings (SSSR count). The zero-order valence-electron chi connectivity index (χ0n) is 21.9. The normalized spacial score (nSPS) is 14.9. The third-order valence-electron chi connectivity index (χ3n) is 6.77. The molecule has 4 aromatic rings. The predicted octanol–water partition coefficient (Wildman–Crippen LogP) is 3.85. The van der Waals surface area contributed by atoms with Crippen LogP contribution < -0.4 is 20.3 Å². The lowest BCUT2D eigenvalue weighted by Crippen LogP contribution is -2.38. The van der Waals surface area contributed by atoms with Crippen LogP contribution in [0.25, 0.3) is 22.4 Å². The molecule has 4 N–H and O–H groups in total. The van der Waals surface area contributed by atoms with Crippen molar-refractivity contribution in [2.75, 3.05) is 58.4 Å². The first-order chi connectivity index (χ1) is 18.9. The Balaban J connectivity index is 1.33. The van der Waals surface area contributed by atoms with E-state index in [1.165, 1.54) is 0 Å². The summed E-state index contributed by atoms with van der Waals surface area (Å²) >= 11 is 3.45. The van der Waals surface area contributed by atoms with Crippen molar-refractivity contribution in [1.82, 2.24) is 19.9 Å². The number of nitrogens with zero attached hydrogens (tertiary/aromatic N) is 2. The highest BCUT2D eigenvalue weighted by Crippen LogP contribution is 2.30. The number of aromatic amines is 2. The second-order valence-electron chi connectivity index (χ2n) is 9.41. The monoisotopic (exact) mass is 597 g/mol. The average Bonchev–Trinajstić information content (AvgIpc) is 3.36. The lowest BCUT2D eigenvalue weighted by Gasteiger charge is -2.26. The summed E-state index contributed by atoms with van der Waals surface area (Å²) in [5.41, 5.74) is 3.84. The summed E-state index contributed by atoms with van der Waals surface area (Å²) in [7, 11) is 1.59. The molecule has 0 amide bonds. The van der Waals surface area contributed by atoms with E-state index < -0.39 is 6.10 Å². The zero-order valence-corrected chi connectivity index (χ0v) is 23.5. The molecule has 11 heteroatoms. The van der Waals surface area contributed by atoms with Crippen molar-refractivity contribution in [3.05, 3.63) is 68.5 Å². The fraction of sp³-hybridized carbons (Fsp3) is 0.357. The van der Waals surface area contributed by atoms with Crippen LogP contribution in [0.5, 0.6) is 11.5 Å². The number of hydrogen-bond donors (Lipinski definition) is 4. The molecule has 1 atom stereocenters. The van der Waals surface area contributed by atoms with E-state index in [0.717, 1.165) is 59.7 Å². The smallest absolute Gasteiger partial charge is 0.261 e. The second kappa shape index (κ2) is 12.2. The first-order valence-corrected chi connectivity index (χ1v) is 13.6. The van der Waals surface area contributed by atoms with Crippen LogP contribution in [0, 0.1) is 6.92 Å². The molecule has 1 unspecified atom stereocenters. The van der Waals surface area contributed by atoms with E-state index in [9.17, 15) is 9.90 Å². The summed E-state index contributed by atoms with van der Waals surface area (Å²) in [6.45, 7) is 6.93. The number of halogens is 1. The van der Waals surface area contributed by atoms with Crippen molar-refractivity contribution in [2.24, 2.45) is 0 Å². The standard InChI is InChI=1S/C28H32BrN5O5/c1-17-13-19(39-12-9-34-7-10-38-11-8-34)15-22-26(17)33-27(32-22)25-21(5-6-30-28(25)36)31-16-23(35)18-3-4-24(37-2)20(29)14-18/h3-6,13-15,23,35H,7-12,16H2,1-2H3,(H,32,33)(H2,30,31,36). The van der Waals surface area contributed by atoms with Gasteiger partial charge in [0.15, 0.2) is 0 Å². The molecule has 1 fully saturated rings. The minimum absolute atomic E-state index is 0.190. The Morgan fingerprint density at radius 1 is 1.23 bits per heavy atom. The summed E-state index contributed by atoms with van der Waals surface area (Å²) in [6.07, 6.45) is 0.758. The minimum atomic E-state index is -0.811. The van der Waals surface area contributed by atoms with Gasteiger partial charge < -0.3 is 34.6 Å². The molecule has 39 heavy (non-hydrogen) atoms.